The van der Waals surface area contributed by atoms with E-state index in [1.165, 1.54) is 0 Å². The lowest BCUT2D eigenvalue weighted by molar-refractivity contribution is 0.463. The highest BCUT2D eigenvalue weighted by Crippen LogP contribution is 2.34. The van der Waals surface area contributed by atoms with Crippen LogP contribution in [0.3, 0.4) is 0 Å². The minimum atomic E-state index is -0.0165. The van der Waals surface area contributed by atoms with Crippen molar-refractivity contribution in [3.05, 3.63) is 58.1 Å². The van der Waals surface area contributed by atoms with Crippen molar-refractivity contribution in [2.75, 3.05) is 5.32 Å². The third kappa shape index (κ3) is 3.14. The number of para-hydroxylation sites is 1. The van der Waals surface area contributed by atoms with Crippen LogP contribution in [0.1, 0.15) is 24.9 Å². The topological polar surface area (TPSA) is 32.3 Å². The molecule has 0 aliphatic rings. The van der Waals surface area contributed by atoms with Crippen LogP contribution in [0.4, 0.5) is 5.69 Å². The highest BCUT2D eigenvalue weighted by molar-refractivity contribution is 6.43. The van der Waals surface area contributed by atoms with Crippen LogP contribution in [-0.4, -0.2) is 5.11 Å². The average molecular weight is 296 g/mol. The number of aromatic hydroxyl groups is 1. The molecule has 0 bridgehead atoms. The highest BCUT2D eigenvalue weighted by Gasteiger charge is 2.14. The summed E-state index contributed by atoms with van der Waals surface area (Å²) in [6, 6.07) is 12.7. The zero-order valence-electron chi connectivity index (χ0n) is 10.5. The summed E-state index contributed by atoms with van der Waals surface area (Å²) in [5.74, 6) is 0.278. The first kappa shape index (κ1) is 14.0. The maximum Gasteiger partial charge on any atom is 0.120 e. The van der Waals surface area contributed by atoms with Crippen molar-refractivity contribution in [2.45, 2.75) is 19.4 Å². The molecule has 2 nitrogen and oxygen atoms in total. The Morgan fingerprint density at radius 2 is 1.84 bits per heavy atom. The molecule has 0 radical (unpaired) electrons. The molecule has 2 rings (SSSR count). The summed E-state index contributed by atoms with van der Waals surface area (Å²) in [7, 11) is 0. The van der Waals surface area contributed by atoms with Gasteiger partial charge in [-0.05, 0) is 24.6 Å². The number of phenols is 1. The smallest absolute Gasteiger partial charge is 0.120 e. The lowest BCUT2D eigenvalue weighted by atomic mass is 10.0. The number of hydrogen-bond donors (Lipinski definition) is 2. The fraction of sp³-hybridized carbons (Fsp3) is 0.200. The SMILES string of the molecule is CCC(Nc1cccc(Cl)c1Cl)c1ccccc1O. The van der Waals surface area contributed by atoms with E-state index in [0.717, 1.165) is 17.7 Å². The maximum atomic E-state index is 9.91. The average Bonchev–Trinajstić information content (AvgIpc) is 2.41. The standard InChI is InChI=1S/C15H15Cl2NO/c1-2-12(10-6-3-4-9-14(10)19)18-13-8-5-7-11(16)15(13)17/h3-9,12,18-19H,2H2,1H3. The van der Waals surface area contributed by atoms with Crippen molar-refractivity contribution < 1.29 is 5.11 Å². The van der Waals surface area contributed by atoms with Crippen LogP contribution in [0.25, 0.3) is 0 Å². The molecule has 0 aromatic heterocycles. The molecular weight excluding hydrogens is 281 g/mol. The van der Waals surface area contributed by atoms with E-state index in [-0.39, 0.29) is 11.8 Å². The first-order valence-electron chi connectivity index (χ1n) is 6.12. The molecule has 2 aromatic carbocycles. The van der Waals surface area contributed by atoms with Gasteiger partial charge < -0.3 is 10.4 Å². The molecule has 0 aliphatic carbocycles. The number of halogens is 2. The fourth-order valence-electron chi connectivity index (χ4n) is 1.98. The zero-order chi connectivity index (χ0) is 13.8. The summed E-state index contributed by atoms with van der Waals surface area (Å²) in [5.41, 5.74) is 1.62. The maximum absolute atomic E-state index is 9.91. The van der Waals surface area contributed by atoms with E-state index in [9.17, 15) is 5.11 Å². The Kier molecular flexibility index (Phi) is 4.56. The molecule has 4 heteroatoms. The van der Waals surface area contributed by atoms with E-state index in [1.807, 2.05) is 31.2 Å². The van der Waals surface area contributed by atoms with Gasteiger partial charge in [-0.2, -0.15) is 0 Å². The van der Waals surface area contributed by atoms with Crippen LogP contribution in [0.5, 0.6) is 5.75 Å². The molecule has 2 N–H and O–H groups in total. The van der Waals surface area contributed by atoms with Crippen molar-refractivity contribution in [1.82, 2.24) is 0 Å². The van der Waals surface area contributed by atoms with Crippen LogP contribution >= 0.6 is 23.2 Å². The van der Waals surface area contributed by atoms with Crippen LogP contribution in [0, 0.1) is 0 Å². The molecule has 0 heterocycles. The summed E-state index contributed by atoms with van der Waals surface area (Å²) < 4.78 is 0. The Hall–Kier alpha value is -1.38. The summed E-state index contributed by atoms with van der Waals surface area (Å²) in [6.45, 7) is 2.04. The highest BCUT2D eigenvalue weighted by atomic mass is 35.5. The Balaban J connectivity index is 2.30. The quantitative estimate of drug-likeness (QED) is 0.806. The fourth-order valence-corrected chi connectivity index (χ4v) is 2.34. The first-order chi connectivity index (χ1) is 9.13. The first-order valence-corrected chi connectivity index (χ1v) is 6.87. The van der Waals surface area contributed by atoms with Gasteiger partial charge in [0.05, 0.1) is 21.8 Å². The third-order valence-electron chi connectivity index (χ3n) is 3.00. The molecule has 19 heavy (non-hydrogen) atoms. The second kappa shape index (κ2) is 6.18. The second-order valence-corrected chi connectivity index (χ2v) is 5.05. The minimum Gasteiger partial charge on any atom is -0.508 e. The summed E-state index contributed by atoms with van der Waals surface area (Å²) in [6.07, 6.45) is 0.820. The van der Waals surface area contributed by atoms with Crippen molar-refractivity contribution in [3.8, 4) is 5.75 Å². The zero-order valence-corrected chi connectivity index (χ0v) is 12.0. The molecule has 0 saturated carbocycles. The lowest BCUT2D eigenvalue weighted by Gasteiger charge is -2.20. The van der Waals surface area contributed by atoms with E-state index in [4.69, 9.17) is 23.2 Å². The van der Waals surface area contributed by atoms with Gasteiger partial charge in [0.15, 0.2) is 0 Å². The summed E-state index contributed by atoms with van der Waals surface area (Å²) in [4.78, 5) is 0. The van der Waals surface area contributed by atoms with E-state index in [2.05, 4.69) is 5.32 Å². The molecule has 0 saturated heterocycles. The van der Waals surface area contributed by atoms with Gasteiger partial charge in [0.25, 0.3) is 0 Å². The van der Waals surface area contributed by atoms with Crippen LogP contribution < -0.4 is 5.32 Å². The molecule has 2 aromatic rings. The number of rotatable bonds is 4. The number of nitrogens with one attached hydrogen (secondary N) is 1. The Morgan fingerprint density at radius 3 is 2.53 bits per heavy atom. The van der Waals surface area contributed by atoms with E-state index in [0.29, 0.717) is 10.0 Å². The number of hydrogen-bond acceptors (Lipinski definition) is 2. The number of anilines is 1. The van der Waals surface area contributed by atoms with Gasteiger partial charge in [-0.25, -0.2) is 0 Å². The summed E-state index contributed by atoms with van der Waals surface area (Å²) >= 11 is 12.2. The lowest BCUT2D eigenvalue weighted by Crippen LogP contribution is -2.10. The molecule has 0 spiro atoms. The van der Waals surface area contributed by atoms with Crippen LogP contribution in [0.15, 0.2) is 42.5 Å². The van der Waals surface area contributed by atoms with Gasteiger partial charge in [-0.15, -0.1) is 0 Å². The predicted octanol–water partition coefficient (Wildman–Crippen LogP) is 5.26. The molecule has 0 amide bonds. The van der Waals surface area contributed by atoms with Crippen molar-refractivity contribution in [1.29, 1.82) is 0 Å². The molecule has 1 atom stereocenters. The van der Waals surface area contributed by atoms with Crippen LogP contribution in [-0.2, 0) is 0 Å². The second-order valence-electron chi connectivity index (χ2n) is 4.27. The number of phenolic OH excluding ortho intramolecular Hbond substituents is 1. The van der Waals surface area contributed by atoms with Crippen molar-refractivity contribution in [3.63, 3.8) is 0 Å². The van der Waals surface area contributed by atoms with Gasteiger partial charge in [-0.1, -0.05) is 54.4 Å². The van der Waals surface area contributed by atoms with Crippen LogP contribution in [0.2, 0.25) is 10.0 Å². The van der Waals surface area contributed by atoms with Gasteiger partial charge in [-0.3, -0.25) is 0 Å². The van der Waals surface area contributed by atoms with Crippen molar-refractivity contribution in [2.24, 2.45) is 0 Å². The number of benzene rings is 2. The monoisotopic (exact) mass is 295 g/mol. The molecular formula is C15H15Cl2NO. The van der Waals surface area contributed by atoms with E-state index < -0.39 is 0 Å². The molecule has 100 valence electrons. The predicted molar refractivity (Wildman–Crippen MR) is 81.2 cm³/mol. The minimum absolute atomic E-state index is 0.0165. The third-order valence-corrected chi connectivity index (χ3v) is 3.82. The van der Waals surface area contributed by atoms with Gasteiger partial charge >= 0.3 is 0 Å². The largest absolute Gasteiger partial charge is 0.508 e. The molecule has 0 fully saturated rings. The molecule has 1 unspecified atom stereocenters. The van der Waals surface area contributed by atoms with Gasteiger partial charge in [0.1, 0.15) is 5.75 Å². The molecule has 0 aliphatic heterocycles. The van der Waals surface area contributed by atoms with Crippen molar-refractivity contribution >= 4 is 28.9 Å². The Bertz CT molecular complexity index is 572. The Labute approximate surface area is 123 Å². The van der Waals surface area contributed by atoms with E-state index in [1.54, 1.807) is 18.2 Å². The summed E-state index contributed by atoms with van der Waals surface area (Å²) in [5, 5.41) is 14.2. The van der Waals surface area contributed by atoms with Gasteiger partial charge in [0.2, 0.25) is 0 Å². The van der Waals surface area contributed by atoms with Gasteiger partial charge in [0, 0.05) is 5.56 Å². The normalized spacial score (nSPS) is 12.2. The van der Waals surface area contributed by atoms with E-state index >= 15 is 0 Å². The Morgan fingerprint density at radius 1 is 1.11 bits per heavy atom.